The minimum atomic E-state index is -0.0785. The average molecular weight is 258 g/mol. The quantitative estimate of drug-likeness (QED) is 0.855. The smallest absolute Gasteiger partial charge is 0.194 e. The zero-order chi connectivity index (χ0) is 14.0. The Bertz CT molecular complexity index is 600. The highest BCUT2D eigenvalue weighted by atomic mass is 16.5. The van der Waals surface area contributed by atoms with E-state index < -0.39 is 0 Å². The monoisotopic (exact) mass is 258 g/mol. The number of methoxy groups -OCH3 is 1. The second-order valence-corrected chi connectivity index (χ2v) is 4.82. The van der Waals surface area contributed by atoms with Crippen molar-refractivity contribution >= 4 is 5.78 Å². The van der Waals surface area contributed by atoms with Gasteiger partial charge in [0.15, 0.2) is 11.6 Å². The maximum Gasteiger partial charge on any atom is 0.194 e. The molecule has 0 radical (unpaired) electrons. The second-order valence-electron chi connectivity index (χ2n) is 4.82. The normalized spacial score (nSPS) is 10.8. The lowest BCUT2D eigenvalue weighted by Crippen LogP contribution is -1.95. The van der Waals surface area contributed by atoms with E-state index in [1.54, 1.807) is 13.3 Å². The van der Waals surface area contributed by atoms with Gasteiger partial charge in [0.2, 0.25) is 0 Å². The van der Waals surface area contributed by atoms with Gasteiger partial charge < -0.3 is 9.72 Å². The summed E-state index contributed by atoms with van der Waals surface area (Å²) in [4.78, 5) is 18.4. The number of hydrogen-bond donors (Lipinski definition) is 1. The van der Waals surface area contributed by atoms with E-state index >= 15 is 0 Å². The third-order valence-corrected chi connectivity index (χ3v) is 3.09. The van der Waals surface area contributed by atoms with Gasteiger partial charge in [0.25, 0.3) is 0 Å². The molecule has 1 N–H and O–H groups in total. The van der Waals surface area contributed by atoms with E-state index in [0.29, 0.717) is 11.7 Å². The van der Waals surface area contributed by atoms with Crippen LogP contribution in [0, 0.1) is 0 Å². The molecule has 4 nitrogen and oxygen atoms in total. The fourth-order valence-corrected chi connectivity index (χ4v) is 1.93. The summed E-state index contributed by atoms with van der Waals surface area (Å²) in [5, 5.41) is 0. The van der Waals surface area contributed by atoms with Crippen molar-refractivity contribution in [2.45, 2.75) is 26.7 Å². The molecule has 0 unspecified atom stereocenters. The molecule has 0 spiro atoms. The summed E-state index contributed by atoms with van der Waals surface area (Å²) in [6.07, 6.45) is 1.67. The van der Waals surface area contributed by atoms with Crippen molar-refractivity contribution in [1.29, 1.82) is 0 Å². The lowest BCUT2D eigenvalue weighted by atomic mass is 9.99. The highest BCUT2D eigenvalue weighted by Crippen LogP contribution is 2.31. The van der Waals surface area contributed by atoms with E-state index in [0.717, 1.165) is 17.0 Å². The fraction of sp³-hybridized carbons (Fsp3) is 0.333. The number of ketones is 1. The minimum Gasteiger partial charge on any atom is -0.496 e. The van der Waals surface area contributed by atoms with Gasteiger partial charge >= 0.3 is 0 Å². The van der Waals surface area contributed by atoms with Crippen molar-refractivity contribution in [3.8, 4) is 17.0 Å². The van der Waals surface area contributed by atoms with Crippen LogP contribution in [0.1, 0.15) is 42.9 Å². The van der Waals surface area contributed by atoms with Crippen molar-refractivity contribution in [3.63, 3.8) is 0 Å². The molecular weight excluding hydrogens is 240 g/mol. The Morgan fingerprint density at radius 2 is 2.11 bits per heavy atom. The Balaban J connectivity index is 2.51. The molecule has 0 saturated carbocycles. The number of imidazole rings is 1. The third kappa shape index (κ3) is 2.67. The van der Waals surface area contributed by atoms with Gasteiger partial charge in [-0.25, -0.2) is 4.98 Å². The predicted octanol–water partition coefficient (Wildman–Crippen LogP) is 3.41. The zero-order valence-corrected chi connectivity index (χ0v) is 11.7. The summed E-state index contributed by atoms with van der Waals surface area (Å²) < 4.78 is 5.37. The summed E-state index contributed by atoms with van der Waals surface area (Å²) in [6, 6.07) is 6.06. The van der Waals surface area contributed by atoms with E-state index in [4.69, 9.17) is 4.74 Å². The molecule has 0 aliphatic carbocycles. The summed E-state index contributed by atoms with van der Waals surface area (Å²) >= 11 is 0. The second kappa shape index (κ2) is 5.26. The maximum absolute atomic E-state index is 11.3. The first-order valence-electron chi connectivity index (χ1n) is 6.27. The number of nitrogens with zero attached hydrogens (tertiary/aromatic N) is 1. The summed E-state index contributed by atoms with van der Waals surface area (Å²) in [5.74, 6) is 1.49. The number of carbonyl (C=O) groups excluding carboxylic acids is 1. The molecule has 1 aromatic carbocycles. The molecule has 0 saturated heterocycles. The van der Waals surface area contributed by atoms with E-state index in [-0.39, 0.29) is 5.78 Å². The summed E-state index contributed by atoms with van der Waals surface area (Å²) in [7, 11) is 1.64. The van der Waals surface area contributed by atoms with Crippen LogP contribution in [0.2, 0.25) is 0 Å². The zero-order valence-electron chi connectivity index (χ0n) is 11.7. The SMILES string of the molecule is COc1ccc(C(C)C)cc1-c1cnc(C(C)=O)[nH]1. The van der Waals surface area contributed by atoms with Crippen molar-refractivity contribution in [1.82, 2.24) is 9.97 Å². The van der Waals surface area contributed by atoms with Crippen LogP contribution in [0.4, 0.5) is 0 Å². The molecule has 0 amide bonds. The molecule has 19 heavy (non-hydrogen) atoms. The summed E-state index contributed by atoms with van der Waals surface area (Å²) in [6.45, 7) is 5.77. The first-order valence-corrected chi connectivity index (χ1v) is 6.27. The number of carbonyl (C=O) groups is 1. The minimum absolute atomic E-state index is 0.0785. The van der Waals surface area contributed by atoms with Crippen LogP contribution < -0.4 is 4.74 Å². The van der Waals surface area contributed by atoms with Crippen molar-refractivity contribution in [2.75, 3.05) is 7.11 Å². The number of benzene rings is 1. The Labute approximate surface area is 112 Å². The lowest BCUT2D eigenvalue weighted by molar-refractivity contribution is 0.100. The predicted molar refractivity (Wildman–Crippen MR) is 74.7 cm³/mol. The Hall–Kier alpha value is -2.10. The van der Waals surface area contributed by atoms with Crippen LogP contribution in [0.25, 0.3) is 11.3 Å². The molecule has 2 aromatic rings. The number of Topliss-reactive ketones (excluding diaryl/α,β-unsaturated/α-hetero) is 1. The molecule has 4 heteroatoms. The molecule has 1 aromatic heterocycles. The molecule has 2 rings (SSSR count). The number of aromatic amines is 1. The number of ether oxygens (including phenoxy) is 1. The summed E-state index contributed by atoms with van der Waals surface area (Å²) in [5.41, 5.74) is 2.94. The number of aromatic nitrogens is 2. The van der Waals surface area contributed by atoms with Crippen LogP contribution in [-0.2, 0) is 0 Å². The van der Waals surface area contributed by atoms with Gasteiger partial charge in [0.05, 0.1) is 19.0 Å². The number of rotatable bonds is 4. The van der Waals surface area contributed by atoms with Gasteiger partial charge in [-0.15, -0.1) is 0 Å². The van der Waals surface area contributed by atoms with Gasteiger partial charge in [0.1, 0.15) is 5.75 Å². The van der Waals surface area contributed by atoms with Gasteiger partial charge in [-0.2, -0.15) is 0 Å². The van der Waals surface area contributed by atoms with Crippen LogP contribution in [-0.4, -0.2) is 22.9 Å². The largest absolute Gasteiger partial charge is 0.496 e. The van der Waals surface area contributed by atoms with Crippen molar-refractivity contribution in [3.05, 3.63) is 35.8 Å². The number of H-pyrrole nitrogens is 1. The fourth-order valence-electron chi connectivity index (χ4n) is 1.93. The van der Waals surface area contributed by atoms with Gasteiger partial charge in [-0.1, -0.05) is 19.9 Å². The Morgan fingerprint density at radius 1 is 1.37 bits per heavy atom. The van der Waals surface area contributed by atoms with E-state index in [1.807, 2.05) is 6.07 Å². The molecule has 1 heterocycles. The van der Waals surface area contributed by atoms with E-state index in [2.05, 4.69) is 35.9 Å². The molecule has 0 aliphatic rings. The van der Waals surface area contributed by atoms with Gasteiger partial charge in [-0.05, 0) is 23.6 Å². The van der Waals surface area contributed by atoms with Crippen molar-refractivity contribution in [2.24, 2.45) is 0 Å². The first kappa shape index (κ1) is 13.3. The van der Waals surface area contributed by atoms with Gasteiger partial charge in [0, 0.05) is 12.5 Å². The third-order valence-electron chi connectivity index (χ3n) is 3.09. The van der Waals surface area contributed by atoms with Crippen LogP contribution in [0.5, 0.6) is 5.75 Å². The Kier molecular flexibility index (Phi) is 3.69. The highest BCUT2D eigenvalue weighted by Gasteiger charge is 2.12. The van der Waals surface area contributed by atoms with Crippen LogP contribution in [0.3, 0.4) is 0 Å². The Morgan fingerprint density at radius 3 is 2.63 bits per heavy atom. The number of hydrogen-bond acceptors (Lipinski definition) is 3. The van der Waals surface area contributed by atoms with Gasteiger partial charge in [-0.3, -0.25) is 4.79 Å². The first-order chi connectivity index (χ1) is 9.02. The molecule has 0 fully saturated rings. The molecular formula is C15H18N2O2. The van der Waals surface area contributed by atoms with E-state index in [1.165, 1.54) is 12.5 Å². The standard InChI is InChI=1S/C15H18N2O2/c1-9(2)11-5-6-14(19-4)12(7-11)13-8-16-15(17-13)10(3)18/h5-9H,1-4H3,(H,16,17). The average Bonchev–Trinajstić information content (AvgIpc) is 2.87. The topological polar surface area (TPSA) is 55.0 Å². The van der Waals surface area contributed by atoms with E-state index in [9.17, 15) is 4.79 Å². The number of nitrogens with one attached hydrogen (secondary N) is 1. The maximum atomic E-state index is 11.3. The highest BCUT2D eigenvalue weighted by molar-refractivity contribution is 5.91. The molecule has 0 atom stereocenters. The molecule has 0 bridgehead atoms. The lowest BCUT2D eigenvalue weighted by Gasteiger charge is -2.11. The van der Waals surface area contributed by atoms with Crippen LogP contribution >= 0.6 is 0 Å². The molecule has 0 aliphatic heterocycles. The molecule has 100 valence electrons. The van der Waals surface area contributed by atoms with Crippen molar-refractivity contribution < 1.29 is 9.53 Å². The van der Waals surface area contributed by atoms with Crippen LogP contribution in [0.15, 0.2) is 24.4 Å².